The van der Waals surface area contributed by atoms with Gasteiger partial charge >= 0.3 is 0 Å². The number of hydrogen-bond donors (Lipinski definition) is 1. The molecule has 0 unspecified atom stereocenters. The molecule has 4 nitrogen and oxygen atoms in total. The molecule has 0 heterocycles. The first-order chi connectivity index (χ1) is 9.70. The predicted molar refractivity (Wildman–Crippen MR) is 84.7 cm³/mol. The van der Waals surface area contributed by atoms with Crippen LogP contribution in [-0.2, 0) is 16.6 Å². The average Bonchev–Trinajstić information content (AvgIpc) is 2.39. The molecule has 0 aliphatic carbocycles. The van der Waals surface area contributed by atoms with E-state index in [0.29, 0.717) is 4.47 Å². The minimum atomic E-state index is -3.96. The van der Waals surface area contributed by atoms with Crippen LogP contribution in [-0.4, -0.2) is 32.4 Å². The molecule has 0 saturated heterocycles. The molecule has 1 aromatic carbocycles. The third-order valence-corrected chi connectivity index (χ3v) is 5.04. The lowest BCUT2D eigenvalue weighted by Crippen LogP contribution is -2.29. The quantitative estimate of drug-likeness (QED) is 0.775. The number of hydrogen-bond acceptors (Lipinski definition) is 3. The second-order valence-corrected chi connectivity index (χ2v) is 7.81. The zero-order valence-electron chi connectivity index (χ0n) is 12.2. The Morgan fingerprint density at radius 3 is 2.62 bits per heavy atom. The second kappa shape index (κ2) is 7.36. The van der Waals surface area contributed by atoms with Crippen LogP contribution in [0.25, 0.3) is 0 Å². The fourth-order valence-electron chi connectivity index (χ4n) is 1.63. The molecule has 0 spiro atoms. The van der Waals surface area contributed by atoms with E-state index in [4.69, 9.17) is 6.42 Å². The van der Waals surface area contributed by atoms with E-state index in [9.17, 15) is 12.8 Å². The molecule has 1 rings (SSSR count). The Bertz CT molecular complexity index is 654. The van der Waals surface area contributed by atoms with E-state index in [1.807, 2.05) is 13.8 Å². The Morgan fingerprint density at radius 2 is 2.10 bits per heavy atom. The number of nitrogens with one attached hydrogen (secondary N) is 1. The average molecular weight is 377 g/mol. The molecule has 21 heavy (non-hydrogen) atoms. The van der Waals surface area contributed by atoms with Gasteiger partial charge in [-0.05, 0) is 12.1 Å². The maximum absolute atomic E-state index is 14.5. The summed E-state index contributed by atoms with van der Waals surface area (Å²) in [4.78, 5) is -0.379. The van der Waals surface area contributed by atoms with Crippen LogP contribution in [0.3, 0.4) is 0 Å². The van der Waals surface area contributed by atoms with Crippen molar-refractivity contribution in [3.8, 4) is 12.3 Å². The summed E-state index contributed by atoms with van der Waals surface area (Å²) in [6, 6.07) is 2.97. The third kappa shape index (κ3) is 4.51. The molecule has 0 amide bonds. The molecular weight excluding hydrogens is 359 g/mol. The topological polar surface area (TPSA) is 49.4 Å². The van der Waals surface area contributed by atoms with Gasteiger partial charge in [-0.15, -0.1) is 6.42 Å². The standard InChI is InChI=1S/C14H18BrFN2O2S/c1-5-6-18(4)21(19,20)13-8-12(15)7-11(14(13)16)9-17-10(2)3/h1,7-8,10,17H,6,9H2,2-4H3. The van der Waals surface area contributed by atoms with Crippen LogP contribution < -0.4 is 5.32 Å². The van der Waals surface area contributed by atoms with E-state index in [-0.39, 0.29) is 29.6 Å². The zero-order chi connectivity index (χ0) is 16.2. The Hall–Kier alpha value is -0.940. The fourth-order valence-corrected chi connectivity index (χ4v) is 3.50. The van der Waals surface area contributed by atoms with Gasteiger partial charge in [0.1, 0.15) is 10.7 Å². The molecule has 0 bridgehead atoms. The van der Waals surface area contributed by atoms with E-state index in [1.165, 1.54) is 13.1 Å². The number of terminal acetylenes is 1. The van der Waals surface area contributed by atoms with Crippen molar-refractivity contribution in [3.05, 3.63) is 28.0 Å². The van der Waals surface area contributed by atoms with Crippen LogP contribution in [0, 0.1) is 18.2 Å². The number of benzene rings is 1. The molecule has 7 heteroatoms. The lowest BCUT2D eigenvalue weighted by atomic mass is 10.2. The highest BCUT2D eigenvalue weighted by molar-refractivity contribution is 9.10. The summed E-state index contributed by atoms with van der Waals surface area (Å²) in [6.07, 6.45) is 5.11. The van der Waals surface area contributed by atoms with Crippen molar-refractivity contribution >= 4 is 26.0 Å². The summed E-state index contributed by atoms with van der Waals surface area (Å²) in [5.74, 6) is 1.48. The van der Waals surface area contributed by atoms with E-state index >= 15 is 0 Å². The van der Waals surface area contributed by atoms with Gasteiger partial charge in [0.2, 0.25) is 10.0 Å². The van der Waals surface area contributed by atoms with E-state index in [2.05, 4.69) is 27.2 Å². The van der Waals surface area contributed by atoms with Gasteiger partial charge in [0.15, 0.2) is 0 Å². The summed E-state index contributed by atoms with van der Waals surface area (Å²) < 4.78 is 40.6. The van der Waals surface area contributed by atoms with Crippen LogP contribution in [0.1, 0.15) is 19.4 Å². The first kappa shape index (κ1) is 18.1. The van der Waals surface area contributed by atoms with Gasteiger partial charge in [-0.2, -0.15) is 4.31 Å². The molecule has 0 aromatic heterocycles. The van der Waals surface area contributed by atoms with Gasteiger partial charge in [0, 0.05) is 29.7 Å². The molecule has 0 aliphatic heterocycles. The minimum absolute atomic E-state index is 0.117. The third-order valence-electron chi connectivity index (χ3n) is 2.78. The lowest BCUT2D eigenvalue weighted by Gasteiger charge is -2.17. The van der Waals surface area contributed by atoms with Crippen LogP contribution in [0.2, 0.25) is 0 Å². The Morgan fingerprint density at radius 1 is 1.48 bits per heavy atom. The molecular formula is C14H18BrFN2O2S. The van der Waals surface area contributed by atoms with E-state index < -0.39 is 15.8 Å². The first-order valence-electron chi connectivity index (χ1n) is 6.31. The Kier molecular flexibility index (Phi) is 6.35. The highest BCUT2D eigenvalue weighted by atomic mass is 79.9. The molecule has 0 radical (unpaired) electrons. The summed E-state index contributed by atoms with van der Waals surface area (Å²) in [6.45, 7) is 3.97. The highest BCUT2D eigenvalue weighted by Gasteiger charge is 2.26. The maximum atomic E-state index is 14.5. The second-order valence-electron chi connectivity index (χ2n) is 4.88. The van der Waals surface area contributed by atoms with E-state index in [0.717, 1.165) is 4.31 Å². The Balaban J connectivity index is 3.28. The van der Waals surface area contributed by atoms with Gasteiger partial charge in [-0.25, -0.2) is 12.8 Å². The van der Waals surface area contributed by atoms with Gasteiger partial charge in [-0.1, -0.05) is 35.7 Å². The predicted octanol–water partition coefficient (Wildman–Crippen LogP) is 2.34. The monoisotopic (exact) mass is 376 g/mol. The number of sulfonamides is 1. The lowest BCUT2D eigenvalue weighted by molar-refractivity contribution is 0.487. The summed E-state index contributed by atoms with van der Waals surface area (Å²) in [5.41, 5.74) is 0.283. The maximum Gasteiger partial charge on any atom is 0.246 e. The smallest absolute Gasteiger partial charge is 0.246 e. The molecule has 1 aromatic rings. The first-order valence-corrected chi connectivity index (χ1v) is 8.54. The van der Waals surface area contributed by atoms with Crippen molar-refractivity contribution in [2.45, 2.75) is 31.3 Å². The molecule has 0 atom stereocenters. The van der Waals surface area contributed by atoms with Crippen molar-refractivity contribution in [2.24, 2.45) is 0 Å². The van der Waals surface area contributed by atoms with Gasteiger partial charge in [0.25, 0.3) is 0 Å². The Labute approximate surface area is 133 Å². The van der Waals surface area contributed by atoms with Crippen molar-refractivity contribution < 1.29 is 12.8 Å². The minimum Gasteiger partial charge on any atom is -0.310 e. The normalized spacial score (nSPS) is 11.9. The summed E-state index contributed by atoms with van der Waals surface area (Å²) in [7, 11) is -2.64. The van der Waals surface area contributed by atoms with Crippen molar-refractivity contribution in [1.82, 2.24) is 9.62 Å². The number of halogens is 2. The number of rotatable bonds is 6. The molecule has 0 aliphatic rings. The van der Waals surface area contributed by atoms with Crippen molar-refractivity contribution in [3.63, 3.8) is 0 Å². The van der Waals surface area contributed by atoms with Gasteiger partial charge in [0.05, 0.1) is 6.54 Å². The fraction of sp³-hybridized carbons (Fsp3) is 0.429. The van der Waals surface area contributed by atoms with Crippen LogP contribution >= 0.6 is 15.9 Å². The van der Waals surface area contributed by atoms with Crippen LogP contribution in [0.15, 0.2) is 21.5 Å². The zero-order valence-corrected chi connectivity index (χ0v) is 14.6. The van der Waals surface area contributed by atoms with Crippen molar-refractivity contribution in [1.29, 1.82) is 0 Å². The van der Waals surface area contributed by atoms with E-state index in [1.54, 1.807) is 6.07 Å². The summed E-state index contributed by atoms with van der Waals surface area (Å²) in [5, 5.41) is 3.06. The SMILES string of the molecule is C#CCN(C)S(=O)(=O)c1cc(Br)cc(CNC(C)C)c1F. The largest absolute Gasteiger partial charge is 0.310 e. The molecule has 116 valence electrons. The van der Waals surface area contributed by atoms with Gasteiger partial charge < -0.3 is 5.32 Å². The number of nitrogens with zero attached hydrogens (tertiary/aromatic N) is 1. The molecule has 1 N–H and O–H groups in total. The van der Waals surface area contributed by atoms with Crippen LogP contribution in [0.4, 0.5) is 4.39 Å². The molecule has 0 fully saturated rings. The molecule has 0 saturated carbocycles. The van der Waals surface area contributed by atoms with Crippen LogP contribution in [0.5, 0.6) is 0 Å². The van der Waals surface area contributed by atoms with Gasteiger partial charge in [-0.3, -0.25) is 0 Å². The van der Waals surface area contributed by atoms with Crippen molar-refractivity contribution in [2.75, 3.05) is 13.6 Å². The summed E-state index contributed by atoms with van der Waals surface area (Å²) >= 11 is 3.22. The highest BCUT2D eigenvalue weighted by Crippen LogP contribution is 2.26.